The van der Waals surface area contributed by atoms with E-state index in [9.17, 15) is 0 Å². The molecule has 0 radical (unpaired) electrons. The highest BCUT2D eigenvalue weighted by atomic mass is 79.9. The van der Waals surface area contributed by atoms with Crippen molar-refractivity contribution in [2.45, 2.75) is 19.8 Å². The first kappa shape index (κ1) is 9.45. The summed E-state index contributed by atoms with van der Waals surface area (Å²) in [6, 6.07) is 1.83. The number of hydrogen-bond donors (Lipinski definition) is 1. The number of rotatable bonds is 2. The van der Waals surface area contributed by atoms with Crippen LogP contribution in [-0.2, 0) is 6.42 Å². The largest absolute Gasteiger partial charge is 0.396 e. The number of nitrogens with zero attached hydrogens (tertiary/aromatic N) is 3. The van der Waals surface area contributed by atoms with Gasteiger partial charge >= 0.3 is 0 Å². The molecule has 0 aliphatic heterocycles. The molecule has 0 spiro atoms. The standard InChI is InChI=1S/C9H11BrN4/c1-2-3-8-12-9-7(11)4-6(10)5-14(9)13-8/h4-5H,2-3,11H2,1H3. The van der Waals surface area contributed by atoms with Gasteiger partial charge in [-0.1, -0.05) is 6.92 Å². The van der Waals surface area contributed by atoms with E-state index in [4.69, 9.17) is 5.73 Å². The van der Waals surface area contributed by atoms with E-state index in [0.29, 0.717) is 5.69 Å². The maximum absolute atomic E-state index is 5.81. The first-order valence-corrected chi connectivity index (χ1v) is 5.30. The summed E-state index contributed by atoms with van der Waals surface area (Å²) < 4.78 is 2.63. The number of aryl methyl sites for hydroxylation is 1. The lowest BCUT2D eigenvalue weighted by Crippen LogP contribution is -1.93. The number of halogens is 1. The lowest BCUT2D eigenvalue weighted by atomic mass is 10.3. The predicted molar refractivity (Wildman–Crippen MR) is 59.1 cm³/mol. The van der Waals surface area contributed by atoms with Crippen LogP contribution in [0.5, 0.6) is 0 Å². The van der Waals surface area contributed by atoms with Crippen molar-refractivity contribution in [3.05, 3.63) is 22.6 Å². The molecule has 4 nitrogen and oxygen atoms in total. The molecule has 0 bridgehead atoms. The molecule has 14 heavy (non-hydrogen) atoms. The molecule has 0 aliphatic rings. The molecule has 0 saturated carbocycles. The molecule has 2 N–H and O–H groups in total. The van der Waals surface area contributed by atoms with Gasteiger partial charge in [-0.25, -0.2) is 9.50 Å². The van der Waals surface area contributed by atoms with Gasteiger partial charge in [0.05, 0.1) is 5.69 Å². The van der Waals surface area contributed by atoms with Crippen molar-refractivity contribution in [1.82, 2.24) is 14.6 Å². The Labute approximate surface area is 90.3 Å². The number of pyridine rings is 1. The molecule has 0 amide bonds. The number of nitrogen functional groups attached to an aromatic ring is 1. The van der Waals surface area contributed by atoms with Crippen LogP contribution in [0.4, 0.5) is 5.69 Å². The monoisotopic (exact) mass is 254 g/mol. The van der Waals surface area contributed by atoms with Crippen LogP contribution in [0.15, 0.2) is 16.7 Å². The van der Waals surface area contributed by atoms with Crippen molar-refractivity contribution < 1.29 is 0 Å². The summed E-state index contributed by atoms with van der Waals surface area (Å²) in [5.41, 5.74) is 7.19. The van der Waals surface area contributed by atoms with Gasteiger partial charge in [0.15, 0.2) is 11.5 Å². The number of aromatic nitrogens is 3. The Morgan fingerprint density at radius 2 is 2.36 bits per heavy atom. The number of anilines is 1. The van der Waals surface area contributed by atoms with Gasteiger partial charge < -0.3 is 5.73 Å². The molecule has 0 aromatic carbocycles. The number of fused-ring (bicyclic) bond motifs is 1. The Morgan fingerprint density at radius 3 is 3.07 bits per heavy atom. The van der Waals surface area contributed by atoms with Crippen molar-refractivity contribution >= 4 is 27.3 Å². The normalized spacial score (nSPS) is 11.0. The molecule has 0 fully saturated rings. The van der Waals surface area contributed by atoms with E-state index < -0.39 is 0 Å². The van der Waals surface area contributed by atoms with Crippen LogP contribution < -0.4 is 5.73 Å². The number of hydrogen-bond acceptors (Lipinski definition) is 3. The van der Waals surface area contributed by atoms with Crippen LogP contribution in [0.3, 0.4) is 0 Å². The highest BCUT2D eigenvalue weighted by Crippen LogP contribution is 2.18. The van der Waals surface area contributed by atoms with E-state index in [1.165, 1.54) is 0 Å². The Hall–Kier alpha value is -1.10. The molecule has 0 atom stereocenters. The van der Waals surface area contributed by atoms with Crippen molar-refractivity contribution in [2.24, 2.45) is 0 Å². The average Bonchev–Trinajstić information content (AvgIpc) is 2.48. The molecule has 74 valence electrons. The van der Waals surface area contributed by atoms with E-state index in [2.05, 4.69) is 32.9 Å². The zero-order valence-electron chi connectivity index (χ0n) is 7.87. The fraction of sp³-hybridized carbons (Fsp3) is 0.333. The predicted octanol–water partition coefficient (Wildman–Crippen LogP) is 2.03. The topological polar surface area (TPSA) is 56.2 Å². The Morgan fingerprint density at radius 1 is 1.57 bits per heavy atom. The van der Waals surface area contributed by atoms with Crippen LogP contribution in [0.25, 0.3) is 5.65 Å². The molecule has 5 heteroatoms. The highest BCUT2D eigenvalue weighted by molar-refractivity contribution is 9.10. The van der Waals surface area contributed by atoms with E-state index in [1.54, 1.807) is 4.52 Å². The first-order chi connectivity index (χ1) is 6.70. The van der Waals surface area contributed by atoms with Gasteiger partial charge in [0, 0.05) is 17.1 Å². The van der Waals surface area contributed by atoms with Crippen molar-refractivity contribution in [3.63, 3.8) is 0 Å². The van der Waals surface area contributed by atoms with Gasteiger partial charge in [0.2, 0.25) is 0 Å². The second-order valence-corrected chi connectivity index (χ2v) is 4.08. The summed E-state index contributed by atoms with van der Waals surface area (Å²) in [4.78, 5) is 4.35. The van der Waals surface area contributed by atoms with Crippen LogP contribution in [-0.4, -0.2) is 14.6 Å². The molecular formula is C9H11BrN4. The van der Waals surface area contributed by atoms with E-state index in [0.717, 1.165) is 28.8 Å². The second kappa shape index (κ2) is 3.57. The SMILES string of the molecule is CCCc1nc2c(N)cc(Br)cn2n1. The highest BCUT2D eigenvalue weighted by Gasteiger charge is 2.06. The Kier molecular flexibility index (Phi) is 2.41. The summed E-state index contributed by atoms with van der Waals surface area (Å²) in [5, 5.41) is 4.32. The van der Waals surface area contributed by atoms with Crippen molar-refractivity contribution in [2.75, 3.05) is 5.73 Å². The van der Waals surface area contributed by atoms with Crippen molar-refractivity contribution in [1.29, 1.82) is 0 Å². The lowest BCUT2D eigenvalue weighted by molar-refractivity contribution is 0.818. The molecule has 2 rings (SSSR count). The van der Waals surface area contributed by atoms with Gasteiger partial charge in [-0.05, 0) is 28.4 Å². The van der Waals surface area contributed by atoms with Gasteiger partial charge in [0.1, 0.15) is 0 Å². The van der Waals surface area contributed by atoms with E-state index >= 15 is 0 Å². The molecule has 0 saturated heterocycles. The fourth-order valence-electron chi connectivity index (χ4n) is 1.35. The third-order valence-electron chi connectivity index (χ3n) is 1.95. The fourth-order valence-corrected chi connectivity index (χ4v) is 1.79. The molecular weight excluding hydrogens is 244 g/mol. The minimum absolute atomic E-state index is 0.647. The third-order valence-corrected chi connectivity index (χ3v) is 2.38. The maximum atomic E-state index is 5.81. The summed E-state index contributed by atoms with van der Waals surface area (Å²) in [6.07, 6.45) is 3.79. The van der Waals surface area contributed by atoms with Crippen LogP contribution >= 0.6 is 15.9 Å². The van der Waals surface area contributed by atoms with Gasteiger partial charge in [-0.2, -0.15) is 5.10 Å². The van der Waals surface area contributed by atoms with Crippen molar-refractivity contribution in [3.8, 4) is 0 Å². The summed E-state index contributed by atoms with van der Waals surface area (Å²) in [6.45, 7) is 2.10. The molecule has 2 aromatic heterocycles. The Balaban J connectivity index is 2.58. The zero-order valence-corrected chi connectivity index (χ0v) is 9.45. The molecule has 2 aromatic rings. The molecule has 0 unspecified atom stereocenters. The minimum Gasteiger partial charge on any atom is -0.396 e. The van der Waals surface area contributed by atoms with E-state index in [-0.39, 0.29) is 0 Å². The summed E-state index contributed by atoms with van der Waals surface area (Å²) in [5.74, 6) is 0.845. The lowest BCUT2D eigenvalue weighted by Gasteiger charge is -1.96. The van der Waals surface area contributed by atoms with Gasteiger partial charge in [-0.15, -0.1) is 0 Å². The number of nitrogens with two attached hydrogens (primary N) is 1. The van der Waals surface area contributed by atoms with Gasteiger partial charge in [-0.3, -0.25) is 0 Å². The average molecular weight is 255 g/mol. The third kappa shape index (κ3) is 1.59. The zero-order chi connectivity index (χ0) is 10.1. The Bertz CT molecular complexity index is 463. The van der Waals surface area contributed by atoms with Gasteiger partial charge in [0.25, 0.3) is 0 Å². The van der Waals surface area contributed by atoms with Crippen LogP contribution in [0, 0.1) is 0 Å². The van der Waals surface area contributed by atoms with Crippen LogP contribution in [0.2, 0.25) is 0 Å². The quantitative estimate of drug-likeness (QED) is 0.893. The van der Waals surface area contributed by atoms with E-state index in [1.807, 2.05) is 12.3 Å². The first-order valence-electron chi connectivity index (χ1n) is 4.51. The minimum atomic E-state index is 0.647. The molecule has 2 heterocycles. The smallest absolute Gasteiger partial charge is 0.178 e. The summed E-state index contributed by atoms with van der Waals surface area (Å²) >= 11 is 3.36. The second-order valence-electron chi connectivity index (χ2n) is 3.16. The molecule has 0 aliphatic carbocycles. The van der Waals surface area contributed by atoms with Crippen LogP contribution in [0.1, 0.15) is 19.2 Å². The maximum Gasteiger partial charge on any atom is 0.178 e. The summed E-state index contributed by atoms with van der Waals surface area (Å²) in [7, 11) is 0.